The number of anilines is 1. The Morgan fingerprint density at radius 3 is 2.38 bits per heavy atom. The van der Waals surface area contributed by atoms with Gasteiger partial charge in [-0.3, -0.25) is 14.7 Å². The van der Waals surface area contributed by atoms with Crippen LogP contribution < -0.4 is 4.90 Å². The second-order valence-electron chi connectivity index (χ2n) is 5.21. The van der Waals surface area contributed by atoms with Gasteiger partial charge in [-0.1, -0.05) is 18.2 Å². The molecule has 0 bridgehead atoms. The summed E-state index contributed by atoms with van der Waals surface area (Å²) < 4.78 is 13.1. The Balaban J connectivity index is 2.00. The van der Waals surface area contributed by atoms with Crippen molar-refractivity contribution in [2.45, 2.75) is 6.54 Å². The number of carbonyl (C=O) groups is 1. The summed E-state index contributed by atoms with van der Waals surface area (Å²) in [7, 11) is 0. The minimum atomic E-state index is -0.412. The second kappa shape index (κ2) is 6.91. The van der Waals surface area contributed by atoms with Crippen molar-refractivity contribution in [1.29, 1.82) is 0 Å². The third-order valence-corrected chi connectivity index (χ3v) is 3.56. The maximum atomic E-state index is 13.1. The van der Waals surface area contributed by atoms with Crippen LogP contribution in [-0.4, -0.2) is 16.0 Å². The molecule has 4 nitrogen and oxygen atoms in total. The first-order valence-electron chi connectivity index (χ1n) is 7.40. The Kier molecular flexibility index (Phi) is 4.52. The van der Waals surface area contributed by atoms with Gasteiger partial charge in [-0.2, -0.15) is 0 Å². The Morgan fingerprint density at radius 2 is 1.71 bits per heavy atom. The molecular weight excluding hydrogens is 307 g/mol. The maximum absolute atomic E-state index is 13.1. The standard InChI is InChI=1S/C19H15FN2O2/c20-15-10-8-14(9-11-15)19(24)22(13-16-5-3-4-12-21-16)17-6-1-2-7-18(17)23/h1-12,23H,13H2. The zero-order valence-electron chi connectivity index (χ0n) is 12.8. The van der Waals surface area contributed by atoms with Crippen LogP contribution in [0.25, 0.3) is 0 Å². The molecule has 1 aromatic heterocycles. The predicted molar refractivity (Wildman–Crippen MR) is 89.3 cm³/mol. The number of para-hydroxylation sites is 2. The van der Waals surface area contributed by atoms with E-state index in [1.165, 1.54) is 35.2 Å². The van der Waals surface area contributed by atoms with E-state index in [4.69, 9.17) is 0 Å². The summed E-state index contributed by atoms with van der Waals surface area (Å²) >= 11 is 0. The van der Waals surface area contributed by atoms with Crippen LogP contribution in [0.1, 0.15) is 16.1 Å². The number of nitrogens with zero attached hydrogens (tertiary/aromatic N) is 2. The first kappa shape index (κ1) is 15.7. The quantitative estimate of drug-likeness (QED) is 0.795. The summed E-state index contributed by atoms with van der Waals surface area (Å²) in [5.74, 6) is -0.767. The van der Waals surface area contributed by atoms with Crippen molar-refractivity contribution in [3.8, 4) is 5.75 Å². The van der Waals surface area contributed by atoms with Crippen LogP contribution >= 0.6 is 0 Å². The van der Waals surface area contributed by atoms with E-state index in [1.807, 2.05) is 6.07 Å². The third-order valence-electron chi connectivity index (χ3n) is 3.56. The highest BCUT2D eigenvalue weighted by molar-refractivity contribution is 6.06. The molecule has 24 heavy (non-hydrogen) atoms. The average molecular weight is 322 g/mol. The molecule has 0 aliphatic rings. The first-order valence-corrected chi connectivity index (χ1v) is 7.40. The van der Waals surface area contributed by atoms with E-state index in [-0.39, 0.29) is 18.2 Å². The van der Waals surface area contributed by atoms with Gasteiger partial charge in [-0.05, 0) is 48.5 Å². The van der Waals surface area contributed by atoms with Gasteiger partial charge in [0, 0.05) is 11.8 Å². The lowest BCUT2D eigenvalue weighted by atomic mass is 10.1. The third kappa shape index (κ3) is 3.41. The number of halogens is 1. The highest BCUT2D eigenvalue weighted by atomic mass is 19.1. The number of rotatable bonds is 4. The summed E-state index contributed by atoms with van der Waals surface area (Å²) in [5, 5.41) is 10.1. The molecule has 1 amide bonds. The molecule has 0 unspecified atom stereocenters. The van der Waals surface area contributed by atoms with E-state index in [1.54, 1.807) is 36.5 Å². The number of carbonyl (C=O) groups excluding carboxylic acids is 1. The highest BCUT2D eigenvalue weighted by Crippen LogP contribution is 2.29. The Labute approximate surface area is 138 Å². The Morgan fingerprint density at radius 1 is 1.00 bits per heavy atom. The van der Waals surface area contributed by atoms with Crippen LogP contribution in [0.5, 0.6) is 5.75 Å². The molecule has 3 aromatic rings. The molecule has 0 aliphatic heterocycles. The SMILES string of the molecule is O=C(c1ccc(F)cc1)N(Cc1ccccn1)c1ccccc1O. The van der Waals surface area contributed by atoms with E-state index in [9.17, 15) is 14.3 Å². The smallest absolute Gasteiger partial charge is 0.258 e. The van der Waals surface area contributed by atoms with Crippen molar-refractivity contribution < 1.29 is 14.3 Å². The van der Waals surface area contributed by atoms with E-state index in [0.29, 0.717) is 16.9 Å². The van der Waals surface area contributed by atoms with E-state index >= 15 is 0 Å². The van der Waals surface area contributed by atoms with E-state index in [2.05, 4.69) is 4.98 Å². The van der Waals surface area contributed by atoms with Crippen molar-refractivity contribution in [3.63, 3.8) is 0 Å². The summed E-state index contributed by atoms with van der Waals surface area (Å²) in [6.45, 7) is 0.189. The lowest BCUT2D eigenvalue weighted by molar-refractivity contribution is 0.0984. The van der Waals surface area contributed by atoms with Gasteiger partial charge in [0.05, 0.1) is 17.9 Å². The first-order chi connectivity index (χ1) is 11.6. The number of phenols is 1. The van der Waals surface area contributed by atoms with Crippen LogP contribution in [0.15, 0.2) is 72.9 Å². The fourth-order valence-electron chi connectivity index (χ4n) is 2.36. The molecule has 0 fully saturated rings. The molecular formula is C19H15FN2O2. The monoisotopic (exact) mass is 322 g/mol. The van der Waals surface area contributed by atoms with Crippen LogP contribution in [0.3, 0.4) is 0 Å². The minimum absolute atomic E-state index is 0.0103. The topological polar surface area (TPSA) is 53.4 Å². The fourth-order valence-corrected chi connectivity index (χ4v) is 2.36. The van der Waals surface area contributed by atoms with Gasteiger partial charge in [0.15, 0.2) is 0 Å². The van der Waals surface area contributed by atoms with Crippen molar-refractivity contribution in [2.75, 3.05) is 4.90 Å². The number of benzene rings is 2. The lowest BCUT2D eigenvalue weighted by Gasteiger charge is -2.23. The zero-order chi connectivity index (χ0) is 16.9. The van der Waals surface area contributed by atoms with Gasteiger partial charge in [0.25, 0.3) is 5.91 Å². The van der Waals surface area contributed by atoms with Crippen molar-refractivity contribution >= 4 is 11.6 Å². The molecule has 0 spiro atoms. The molecule has 3 rings (SSSR count). The summed E-state index contributed by atoms with van der Waals surface area (Å²) in [6.07, 6.45) is 1.64. The van der Waals surface area contributed by atoms with Crippen LogP contribution in [0.4, 0.5) is 10.1 Å². The summed E-state index contributed by atoms with van der Waals surface area (Å²) in [6, 6.07) is 17.3. The highest BCUT2D eigenvalue weighted by Gasteiger charge is 2.21. The molecule has 5 heteroatoms. The second-order valence-corrected chi connectivity index (χ2v) is 5.21. The molecule has 0 saturated carbocycles. The summed E-state index contributed by atoms with van der Waals surface area (Å²) in [4.78, 5) is 18.5. The van der Waals surface area contributed by atoms with Gasteiger partial charge in [-0.25, -0.2) is 4.39 Å². The van der Waals surface area contributed by atoms with E-state index < -0.39 is 5.82 Å². The van der Waals surface area contributed by atoms with E-state index in [0.717, 1.165) is 0 Å². The van der Waals surface area contributed by atoms with Crippen LogP contribution in [0.2, 0.25) is 0 Å². The van der Waals surface area contributed by atoms with Crippen molar-refractivity contribution in [3.05, 3.63) is 90.0 Å². The molecule has 2 aromatic carbocycles. The number of amides is 1. The van der Waals surface area contributed by atoms with Crippen LogP contribution in [0, 0.1) is 5.82 Å². The Bertz CT molecular complexity index is 836. The summed E-state index contributed by atoms with van der Waals surface area (Å²) in [5.41, 5.74) is 1.38. The van der Waals surface area contributed by atoms with Crippen molar-refractivity contribution in [2.24, 2.45) is 0 Å². The van der Waals surface area contributed by atoms with Gasteiger partial charge < -0.3 is 5.11 Å². The average Bonchev–Trinajstić information content (AvgIpc) is 2.61. The van der Waals surface area contributed by atoms with Gasteiger partial charge in [-0.15, -0.1) is 0 Å². The Hall–Kier alpha value is -3.21. The van der Waals surface area contributed by atoms with Crippen LogP contribution in [-0.2, 0) is 6.54 Å². The van der Waals surface area contributed by atoms with Crippen molar-refractivity contribution in [1.82, 2.24) is 4.98 Å². The molecule has 1 heterocycles. The normalized spacial score (nSPS) is 10.4. The molecule has 120 valence electrons. The number of hydrogen-bond acceptors (Lipinski definition) is 3. The fraction of sp³-hybridized carbons (Fsp3) is 0.0526. The number of phenolic OH excluding ortho intramolecular Hbond substituents is 1. The van der Waals surface area contributed by atoms with Gasteiger partial charge in [0.1, 0.15) is 11.6 Å². The predicted octanol–water partition coefficient (Wildman–Crippen LogP) is 3.77. The molecule has 0 saturated heterocycles. The lowest BCUT2D eigenvalue weighted by Crippen LogP contribution is -2.30. The number of hydrogen-bond donors (Lipinski definition) is 1. The molecule has 1 N–H and O–H groups in total. The molecule has 0 radical (unpaired) electrons. The molecule has 0 aliphatic carbocycles. The number of aromatic nitrogens is 1. The number of pyridine rings is 1. The van der Waals surface area contributed by atoms with Gasteiger partial charge in [0.2, 0.25) is 0 Å². The zero-order valence-corrected chi connectivity index (χ0v) is 12.8. The maximum Gasteiger partial charge on any atom is 0.258 e. The minimum Gasteiger partial charge on any atom is -0.506 e. The largest absolute Gasteiger partial charge is 0.506 e. The number of aromatic hydroxyl groups is 1. The van der Waals surface area contributed by atoms with Gasteiger partial charge >= 0.3 is 0 Å². The molecule has 0 atom stereocenters.